The van der Waals surface area contributed by atoms with Crippen molar-refractivity contribution in [3.05, 3.63) is 28.8 Å². The number of nitrogens with two attached hydrogens (primary N) is 1. The van der Waals surface area contributed by atoms with Crippen LogP contribution in [0.5, 0.6) is 0 Å². The predicted molar refractivity (Wildman–Crippen MR) is 72.0 cm³/mol. The number of amides is 1. The molecular formula is C13H14ClF3N2O2. The molecule has 0 bridgehead atoms. The Hall–Kier alpha value is -1.31. The number of benzene rings is 1. The molecule has 1 fully saturated rings. The van der Waals surface area contributed by atoms with Gasteiger partial charge in [0.25, 0.3) is 0 Å². The SMILES string of the molecule is CC1(C(=O)Nc2ccc(C(F)(F)F)cc2Cl)COCC1N. The number of halogens is 4. The summed E-state index contributed by atoms with van der Waals surface area (Å²) in [5.74, 6) is -0.436. The van der Waals surface area contributed by atoms with E-state index in [2.05, 4.69) is 5.32 Å². The minimum atomic E-state index is -4.49. The molecule has 2 atom stereocenters. The van der Waals surface area contributed by atoms with Crippen LogP contribution >= 0.6 is 11.6 Å². The molecule has 1 saturated heterocycles. The fourth-order valence-corrected chi connectivity index (χ4v) is 2.21. The van der Waals surface area contributed by atoms with Gasteiger partial charge in [-0.3, -0.25) is 4.79 Å². The van der Waals surface area contributed by atoms with Crippen LogP contribution in [0.2, 0.25) is 5.02 Å². The van der Waals surface area contributed by atoms with Crippen LogP contribution in [0.1, 0.15) is 12.5 Å². The Balaban J connectivity index is 2.19. The number of nitrogens with one attached hydrogen (secondary N) is 1. The maximum atomic E-state index is 12.5. The normalized spacial score (nSPS) is 25.9. The molecule has 8 heteroatoms. The molecule has 0 saturated carbocycles. The summed E-state index contributed by atoms with van der Waals surface area (Å²) < 4.78 is 42.8. The molecule has 0 aliphatic carbocycles. The van der Waals surface area contributed by atoms with Gasteiger partial charge in [-0.2, -0.15) is 13.2 Å². The largest absolute Gasteiger partial charge is 0.416 e. The second kappa shape index (κ2) is 5.47. The third-order valence-corrected chi connectivity index (χ3v) is 3.89. The van der Waals surface area contributed by atoms with Crippen molar-refractivity contribution < 1.29 is 22.7 Å². The highest BCUT2D eigenvalue weighted by atomic mass is 35.5. The van der Waals surface area contributed by atoms with Crippen LogP contribution in [0, 0.1) is 5.41 Å². The Morgan fingerprint density at radius 1 is 1.52 bits per heavy atom. The number of hydrogen-bond donors (Lipinski definition) is 2. The molecule has 2 unspecified atom stereocenters. The number of rotatable bonds is 2. The zero-order chi connectivity index (χ0) is 15.8. The summed E-state index contributed by atoms with van der Waals surface area (Å²) in [6.45, 7) is 2.04. The number of alkyl halides is 3. The van der Waals surface area contributed by atoms with Gasteiger partial charge in [0.15, 0.2) is 0 Å². The average Bonchev–Trinajstić information content (AvgIpc) is 2.72. The Labute approximate surface area is 124 Å². The Morgan fingerprint density at radius 2 is 2.19 bits per heavy atom. The van der Waals surface area contributed by atoms with Gasteiger partial charge in [-0.1, -0.05) is 11.6 Å². The number of hydrogen-bond acceptors (Lipinski definition) is 3. The third-order valence-electron chi connectivity index (χ3n) is 3.58. The van der Waals surface area contributed by atoms with Gasteiger partial charge < -0.3 is 15.8 Å². The second-order valence-electron chi connectivity index (χ2n) is 5.19. The molecular weight excluding hydrogens is 309 g/mol. The first kappa shape index (κ1) is 16.1. The van der Waals surface area contributed by atoms with Crippen molar-refractivity contribution in [1.82, 2.24) is 0 Å². The zero-order valence-electron chi connectivity index (χ0n) is 11.1. The summed E-state index contributed by atoms with van der Waals surface area (Å²) >= 11 is 5.79. The van der Waals surface area contributed by atoms with Crippen LogP contribution < -0.4 is 11.1 Å². The van der Waals surface area contributed by atoms with Crippen LogP contribution in [0.25, 0.3) is 0 Å². The maximum absolute atomic E-state index is 12.5. The molecule has 3 N–H and O–H groups in total. The first-order valence-electron chi connectivity index (χ1n) is 6.16. The molecule has 0 aromatic heterocycles. The predicted octanol–water partition coefficient (Wildman–Crippen LogP) is 2.66. The highest BCUT2D eigenvalue weighted by Gasteiger charge is 2.44. The van der Waals surface area contributed by atoms with Gasteiger partial charge in [0.2, 0.25) is 5.91 Å². The van der Waals surface area contributed by atoms with E-state index in [0.29, 0.717) is 0 Å². The van der Waals surface area contributed by atoms with Gasteiger partial charge in [-0.25, -0.2) is 0 Å². The van der Waals surface area contributed by atoms with Crippen LogP contribution in [-0.2, 0) is 15.7 Å². The van der Waals surface area contributed by atoms with Crippen LogP contribution in [0.4, 0.5) is 18.9 Å². The van der Waals surface area contributed by atoms with E-state index in [0.717, 1.165) is 18.2 Å². The summed E-state index contributed by atoms with van der Waals surface area (Å²) in [6, 6.07) is 2.26. The van der Waals surface area contributed by atoms with Gasteiger partial charge >= 0.3 is 6.18 Å². The van der Waals surface area contributed by atoms with Gasteiger partial charge in [-0.15, -0.1) is 0 Å². The smallest absolute Gasteiger partial charge is 0.379 e. The van der Waals surface area contributed by atoms with Crippen molar-refractivity contribution in [3.63, 3.8) is 0 Å². The van der Waals surface area contributed by atoms with Crippen LogP contribution in [0.3, 0.4) is 0 Å². The van der Waals surface area contributed by atoms with Gasteiger partial charge in [0.05, 0.1) is 34.9 Å². The molecule has 116 valence electrons. The highest BCUT2D eigenvalue weighted by Crippen LogP contribution is 2.35. The molecule has 1 heterocycles. The molecule has 1 aromatic carbocycles. The van der Waals surface area contributed by atoms with Crippen LogP contribution in [-0.4, -0.2) is 25.2 Å². The van der Waals surface area contributed by atoms with Crippen molar-refractivity contribution in [1.29, 1.82) is 0 Å². The molecule has 0 radical (unpaired) electrons. The van der Waals surface area contributed by atoms with E-state index in [1.807, 2.05) is 0 Å². The summed E-state index contributed by atoms with van der Waals surface area (Å²) in [4.78, 5) is 12.2. The number of ether oxygens (including phenoxy) is 1. The third kappa shape index (κ3) is 3.14. The topological polar surface area (TPSA) is 64.3 Å². The lowest BCUT2D eigenvalue weighted by Gasteiger charge is -2.25. The van der Waals surface area contributed by atoms with Crippen LogP contribution in [0.15, 0.2) is 18.2 Å². The van der Waals surface area contributed by atoms with E-state index < -0.39 is 29.1 Å². The molecule has 1 amide bonds. The summed E-state index contributed by atoms with van der Waals surface area (Å²) in [5, 5.41) is 2.32. The Bertz CT molecular complexity index is 565. The first-order chi connectivity index (χ1) is 9.64. The monoisotopic (exact) mass is 322 g/mol. The second-order valence-corrected chi connectivity index (χ2v) is 5.59. The molecule has 1 aromatic rings. The maximum Gasteiger partial charge on any atom is 0.416 e. The summed E-state index contributed by atoms with van der Waals surface area (Å²) in [5.41, 5.74) is 4.11. The Morgan fingerprint density at radius 3 is 2.67 bits per heavy atom. The van der Waals surface area contributed by atoms with Crippen molar-refractivity contribution >= 4 is 23.2 Å². The Kier molecular flexibility index (Phi) is 4.19. The quantitative estimate of drug-likeness (QED) is 0.880. The molecule has 1 aliphatic heterocycles. The van der Waals surface area contributed by atoms with Crippen molar-refractivity contribution in [2.75, 3.05) is 18.5 Å². The number of carbonyl (C=O) groups is 1. The van der Waals surface area contributed by atoms with Gasteiger partial charge in [0.1, 0.15) is 0 Å². The van der Waals surface area contributed by atoms with Crippen molar-refractivity contribution in [3.8, 4) is 0 Å². The minimum absolute atomic E-state index is 0.106. The molecule has 1 aliphatic rings. The lowest BCUT2D eigenvalue weighted by Crippen LogP contribution is -2.47. The van der Waals surface area contributed by atoms with Crippen molar-refractivity contribution in [2.24, 2.45) is 11.1 Å². The molecule has 4 nitrogen and oxygen atoms in total. The van der Waals surface area contributed by atoms with E-state index in [1.54, 1.807) is 6.92 Å². The standard InChI is InChI=1S/C13H14ClF3N2O2/c1-12(6-21-5-10(12)18)11(20)19-9-3-2-7(4-8(9)14)13(15,16)17/h2-4,10H,5-6,18H2,1H3,(H,19,20). The van der Waals surface area contributed by atoms with E-state index in [9.17, 15) is 18.0 Å². The minimum Gasteiger partial charge on any atom is -0.379 e. The van der Waals surface area contributed by atoms with Gasteiger partial charge in [-0.05, 0) is 25.1 Å². The average molecular weight is 323 g/mol. The highest BCUT2D eigenvalue weighted by molar-refractivity contribution is 6.33. The van der Waals surface area contributed by atoms with Gasteiger partial charge in [0, 0.05) is 6.04 Å². The summed E-state index contributed by atoms with van der Waals surface area (Å²) in [6.07, 6.45) is -4.49. The fraction of sp³-hybridized carbons (Fsp3) is 0.462. The molecule has 2 rings (SSSR count). The van der Waals surface area contributed by atoms with Crippen molar-refractivity contribution in [2.45, 2.75) is 19.1 Å². The number of anilines is 1. The fourth-order valence-electron chi connectivity index (χ4n) is 1.98. The first-order valence-corrected chi connectivity index (χ1v) is 6.54. The molecule has 21 heavy (non-hydrogen) atoms. The van der Waals surface area contributed by atoms with E-state index in [1.165, 1.54) is 0 Å². The molecule has 0 spiro atoms. The zero-order valence-corrected chi connectivity index (χ0v) is 11.9. The summed E-state index contributed by atoms with van der Waals surface area (Å²) in [7, 11) is 0. The number of carbonyl (C=O) groups excluding carboxylic acids is 1. The van der Waals surface area contributed by atoms with E-state index >= 15 is 0 Å². The lowest BCUT2D eigenvalue weighted by atomic mass is 9.85. The lowest BCUT2D eigenvalue weighted by molar-refractivity contribution is -0.137. The van der Waals surface area contributed by atoms with E-state index in [4.69, 9.17) is 22.1 Å². The van der Waals surface area contributed by atoms with E-state index in [-0.39, 0.29) is 23.9 Å².